The van der Waals surface area contributed by atoms with Crippen LogP contribution < -0.4 is 10.2 Å². The number of hydrogen-bond acceptors (Lipinski definition) is 6. The van der Waals surface area contributed by atoms with Gasteiger partial charge >= 0.3 is 6.18 Å². The number of anilines is 1. The molecule has 0 spiro atoms. The Bertz CT molecular complexity index is 997. The quantitative estimate of drug-likeness (QED) is 0.744. The van der Waals surface area contributed by atoms with Crippen LogP contribution in [-0.4, -0.2) is 88.2 Å². The highest BCUT2D eigenvalue weighted by Gasteiger charge is 2.37. The van der Waals surface area contributed by atoms with Crippen LogP contribution in [0, 0.1) is 0 Å². The molecule has 1 N–H and O–H groups in total. The number of thioether (sulfide) groups is 1. The number of hydrogen-bond donors (Lipinski definition) is 1. The molecular formula is C21H27F3N6OS. The second-order valence-corrected chi connectivity index (χ2v) is 9.76. The highest BCUT2D eigenvalue weighted by molar-refractivity contribution is 7.99. The summed E-state index contributed by atoms with van der Waals surface area (Å²) in [6.07, 6.45) is -3.55. The molecule has 11 heteroatoms. The Morgan fingerprint density at radius 1 is 1.19 bits per heavy atom. The largest absolute Gasteiger partial charge is 0.416 e. The Kier molecular flexibility index (Phi) is 5.75. The summed E-state index contributed by atoms with van der Waals surface area (Å²) in [6.45, 7) is 4.83. The molecule has 0 radical (unpaired) electrons. The lowest BCUT2D eigenvalue weighted by Gasteiger charge is -2.38. The maximum Gasteiger partial charge on any atom is 0.416 e. The van der Waals surface area contributed by atoms with Crippen LogP contribution >= 0.6 is 11.8 Å². The van der Waals surface area contributed by atoms with Gasteiger partial charge in [-0.1, -0.05) is 0 Å². The Hall–Kier alpha value is -1.98. The van der Waals surface area contributed by atoms with Crippen LogP contribution in [0.4, 0.5) is 19.1 Å². The van der Waals surface area contributed by atoms with Crippen LogP contribution in [0.1, 0.15) is 12.0 Å². The van der Waals surface area contributed by atoms with Crippen molar-refractivity contribution in [2.45, 2.75) is 24.7 Å². The maximum atomic E-state index is 13.1. The molecular weight excluding hydrogens is 441 g/mol. The first kappa shape index (κ1) is 21.8. The minimum absolute atomic E-state index is 0.0978. The van der Waals surface area contributed by atoms with E-state index in [4.69, 9.17) is 0 Å². The summed E-state index contributed by atoms with van der Waals surface area (Å²) in [7, 11) is 1.85. The van der Waals surface area contributed by atoms with Crippen molar-refractivity contribution >= 4 is 34.7 Å². The topological polar surface area (TPSA) is 56.6 Å². The number of amides is 1. The number of rotatable bonds is 3. The summed E-state index contributed by atoms with van der Waals surface area (Å²) < 4.78 is 41.0. The van der Waals surface area contributed by atoms with Crippen molar-refractivity contribution in [2.24, 2.45) is 7.05 Å². The number of carbonyl (C=O) groups is 1. The van der Waals surface area contributed by atoms with E-state index in [0.717, 1.165) is 69.5 Å². The number of aromatic nitrogens is 2. The minimum atomic E-state index is -4.38. The number of piperazine rings is 1. The minimum Gasteiger partial charge on any atom is -0.340 e. The number of fused-ring (bicyclic) bond motifs is 1. The number of benzene rings is 1. The molecule has 3 aliphatic rings. The maximum absolute atomic E-state index is 13.1. The molecule has 0 unspecified atom stereocenters. The van der Waals surface area contributed by atoms with E-state index in [1.165, 1.54) is 6.07 Å². The molecule has 2 atom stereocenters. The van der Waals surface area contributed by atoms with Gasteiger partial charge in [-0.05, 0) is 24.6 Å². The molecule has 0 bridgehead atoms. The SMILES string of the molecule is Cn1c(N2CCN([C@@H]3CN[C@H](C(=O)N4CCSC4)C3)CC2)nc2cc(C(F)(F)F)ccc21. The zero-order chi connectivity index (χ0) is 22.5. The molecule has 7 nitrogen and oxygen atoms in total. The van der Waals surface area contributed by atoms with Gasteiger partial charge in [0.1, 0.15) is 0 Å². The molecule has 1 aromatic heterocycles. The van der Waals surface area contributed by atoms with E-state index in [9.17, 15) is 18.0 Å². The molecule has 5 rings (SSSR count). The average Bonchev–Trinajstić information content (AvgIpc) is 3.53. The fourth-order valence-electron chi connectivity index (χ4n) is 4.92. The summed E-state index contributed by atoms with van der Waals surface area (Å²) >= 11 is 1.80. The molecule has 3 aliphatic heterocycles. The fourth-order valence-corrected chi connectivity index (χ4v) is 5.88. The summed E-state index contributed by atoms with van der Waals surface area (Å²) in [4.78, 5) is 23.7. The van der Waals surface area contributed by atoms with Crippen LogP contribution in [0.5, 0.6) is 0 Å². The predicted octanol–water partition coefficient (Wildman–Crippen LogP) is 1.98. The van der Waals surface area contributed by atoms with Crippen molar-refractivity contribution in [3.63, 3.8) is 0 Å². The number of alkyl halides is 3. The van der Waals surface area contributed by atoms with Crippen LogP contribution in [0.2, 0.25) is 0 Å². The summed E-state index contributed by atoms with van der Waals surface area (Å²) in [5.74, 6) is 2.73. The van der Waals surface area contributed by atoms with Crippen LogP contribution in [0.15, 0.2) is 18.2 Å². The lowest BCUT2D eigenvalue weighted by molar-refractivity contribution is -0.137. The number of nitrogens with one attached hydrogen (secondary N) is 1. The first-order chi connectivity index (χ1) is 15.3. The second-order valence-electron chi connectivity index (χ2n) is 8.68. The van der Waals surface area contributed by atoms with Crippen molar-refractivity contribution in [1.82, 2.24) is 24.7 Å². The molecule has 1 amide bonds. The van der Waals surface area contributed by atoms with Crippen molar-refractivity contribution in [3.05, 3.63) is 23.8 Å². The number of aryl methyl sites for hydroxylation is 1. The zero-order valence-electron chi connectivity index (χ0n) is 17.9. The standard InChI is InChI=1S/C21H27F3N6OS/c1-27-18-3-2-14(21(22,23)24)10-16(18)26-20(27)29-6-4-28(5-7-29)15-11-17(25-12-15)19(31)30-8-9-32-13-30/h2-3,10,15,17,25H,4-9,11-13H2,1H3/t15-,17-/m0/s1. The van der Waals surface area contributed by atoms with Gasteiger partial charge in [-0.25, -0.2) is 4.98 Å². The normalized spacial score (nSPS) is 25.2. The first-order valence-electron chi connectivity index (χ1n) is 10.9. The zero-order valence-corrected chi connectivity index (χ0v) is 18.8. The lowest BCUT2D eigenvalue weighted by Crippen LogP contribution is -2.51. The van der Waals surface area contributed by atoms with Gasteiger partial charge in [0.2, 0.25) is 11.9 Å². The van der Waals surface area contributed by atoms with Gasteiger partial charge in [-0.15, -0.1) is 11.8 Å². The molecule has 1 aromatic carbocycles. The van der Waals surface area contributed by atoms with Gasteiger partial charge in [0, 0.05) is 58.1 Å². The van der Waals surface area contributed by atoms with Gasteiger partial charge in [0.05, 0.1) is 28.5 Å². The Labute approximate surface area is 188 Å². The van der Waals surface area contributed by atoms with Crippen molar-refractivity contribution in [3.8, 4) is 0 Å². The Balaban J connectivity index is 1.22. The van der Waals surface area contributed by atoms with Gasteiger partial charge in [0.15, 0.2) is 0 Å². The van der Waals surface area contributed by atoms with E-state index in [-0.39, 0.29) is 11.9 Å². The highest BCUT2D eigenvalue weighted by atomic mass is 32.2. The molecule has 3 saturated heterocycles. The third-order valence-electron chi connectivity index (χ3n) is 6.77. The van der Waals surface area contributed by atoms with Crippen LogP contribution in [0.25, 0.3) is 11.0 Å². The average molecular weight is 469 g/mol. The molecule has 2 aromatic rings. The van der Waals surface area contributed by atoms with Crippen LogP contribution in [-0.2, 0) is 18.0 Å². The van der Waals surface area contributed by atoms with E-state index in [2.05, 4.69) is 20.1 Å². The third-order valence-corrected chi connectivity index (χ3v) is 7.73. The predicted molar refractivity (Wildman–Crippen MR) is 119 cm³/mol. The smallest absolute Gasteiger partial charge is 0.340 e. The number of carbonyl (C=O) groups excluding carboxylic acids is 1. The van der Waals surface area contributed by atoms with Crippen molar-refractivity contribution in [1.29, 1.82) is 0 Å². The van der Waals surface area contributed by atoms with Gasteiger partial charge in [-0.2, -0.15) is 13.2 Å². The molecule has 174 valence electrons. The molecule has 0 aliphatic carbocycles. The number of halogens is 3. The van der Waals surface area contributed by atoms with Crippen molar-refractivity contribution < 1.29 is 18.0 Å². The number of imidazole rings is 1. The molecule has 3 fully saturated rings. The number of nitrogens with zero attached hydrogens (tertiary/aromatic N) is 5. The van der Waals surface area contributed by atoms with Gasteiger partial charge in [-0.3, -0.25) is 9.69 Å². The highest BCUT2D eigenvalue weighted by Crippen LogP contribution is 2.32. The van der Waals surface area contributed by atoms with E-state index in [0.29, 0.717) is 23.0 Å². The Morgan fingerprint density at radius 3 is 2.66 bits per heavy atom. The molecule has 0 saturated carbocycles. The third kappa shape index (κ3) is 4.06. The molecule has 32 heavy (non-hydrogen) atoms. The van der Waals surface area contributed by atoms with E-state index in [1.54, 1.807) is 11.8 Å². The summed E-state index contributed by atoms with van der Waals surface area (Å²) in [5.41, 5.74) is 0.378. The summed E-state index contributed by atoms with van der Waals surface area (Å²) in [6, 6.07) is 3.95. The van der Waals surface area contributed by atoms with E-state index in [1.807, 2.05) is 16.5 Å². The Morgan fingerprint density at radius 2 is 1.97 bits per heavy atom. The van der Waals surface area contributed by atoms with Crippen molar-refractivity contribution in [2.75, 3.05) is 55.8 Å². The lowest BCUT2D eigenvalue weighted by atomic mass is 10.1. The van der Waals surface area contributed by atoms with E-state index < -0.39 is 11.7 Å². The van der Waals surface area contributed by atoms with Crippen LogP contribution in [0.3, 0.4) is 0 Å². The van der Waals surface area contributed by atoms with Gasteiger partial charge < -0.3 is 19.7 Å². The molecule has 4 heterocycles. The fraction of sp³-hybridized carbons (Fsp3) is 0.619. The van der Waals surface area contributed by atoms with Gasteiger partial charge in [0.25, 0.3) is 0 Å². The second kappa shape index (κ2) is 8.42. The summed E-state index contributed by atoms with van der Waals surface area (Å²) in [5, 5.41) is 3.40. The monoisotopic (exact) mass is 468 g/mol. The first-order valence-corrected chi connectivity index (χ1v) is 12.1. The van der Waals surface area contributed by atoms with E-state index >= 15 is 0 Å².